The predicted octanol–water partition coefficient (Wildman–Crippen LogP) is 11.4. The summed E-state index contributed by atoms with van der Waals surface area (Å²) < 4.78 is 16.4. The molecule has 0 fully saturated rings. The Kier molecular flexibility index (Phi) is 33.7. The van der Waals surface area contributed by atoms with Gasteiger partial charge in [0.1, 0.15) is 13.2 Å². The molecule has 47 heavy (non-hydrogen) atoms. The van der Waals surface area contributed by atoms with Gasteiger partial charge in [-0.25, -0.2) is 0 Å². The van der Waals surface area contributed by atoms with Gasteiger partial charge in [0.05, 0.1) is 6.42 Å². The zero-order chi connectivity index (χ0) is 34.5. The Balaban J connectivity index is 4.46. The number of rotatable bonds is 32. The number of esters is 3. The first-order valence-electron chi connectivity index (χ1n) is 18.8. The van der Waals surface area contributed by atoms with Crippen LogP contribution in [-0.4, -0.2) is 37.2 Å². The molecule has 0 aromatic rings. The van der Waals surface area contributed by atoms with E-state index in [1.54, 1.807) is 6.08 Å². The van der Waals surface area contributed by atoms with Crippen LogP contribution in [0.25, 0.3) is 0 Å². The molecule has 0 aliphatic rings. The molecule has 268 valence electrons. The lowest BCUT2D eigenvalue weighted by Gasteiger charge is -2.18. The van der Waals surface area contributed by atoms with Gasteiger partial charge < -0.3 is 14.2 Å². The highest BCUT2D eigenvalue weighted by molar-refractivity contribution is 5.72. The SMILES string of the molecule is CC/C=C\C/C=C\C/C=C\C/C=C\C/C=C\CC(=O)OCC(COC(=O)CCCCCCCCC)OC(=O)CCCCCCCCC. The van der Waals surface area contributed by atoms with Crippen molar-refractivity contribution in [3.63, 3.8) is 0 Å². The van der Waals surface area contributed by atoms with E-state index in [1.807, 2.05) is 6.08 Å². The van der Waals surface area contributed by atoms with Gasteiger partial charge in [0, 0.05) is 12.8 Å². The second-order valence-electron chi connectivity index (χ2n) is 12.1. The maximum Gasteiger partial charge on any atom is 0.309 e. The smallest absolute Gasteiger partial charge is 0.309 e. The van der Waals surface area contributed by atoms with Crippen molar-refractivity contribution >= 4 is 17.9 Å². The lowest BCUT2D eigenvalue weighted by atomic mass is 10.1. The van der Waals surface area contributed by atoms with Crippen LogP contribution in [0.4, 0.5) is 0 Å². The topological polar surface area (TPSA) is 78.9 Å². The van der Waals surface area contributed by atoms with Crippen molar-refractivity contribution in [3.8, 4) is 0 Å². The van der Waals surface area contributed by atoms with E-state index < -0.39 is 12.1 Å². The highest BCUT2D eigenvalue weighted by Crippen LogP contribution is 2.11. The zero-order valence-corrected chi connectivity index (χ0v) is 30.3. The van der Waals surface area contributed by atoms with E-state index in [0.29, 0.717) is 12.8 Å². The summed E-state index contributed by atoms with van der Waals surface area (Å²) in [6, 6.07) is 0. The van der Waals surface area contributed by atoms with Crippen LogP contribution in [0.2, 0.25) is 0 Å². The molecule has 0 aromatic heterocycles. The number of ether oxygens (including phenoxy) is 3. The van der Waals surface area contributed by atoms with Crippen molar-refractivity contribution in [2.45, 2.75) is 168 Å². The van der Waals surface area contributed by atoms with Crippen molar-refractivity contribution in [1.29, 1.82) is 0 Å². The Morgan fingerprint density at radius 1 is 0.447 bits per heavy atom. The van der Waals surface area contributed by atoms with Crippen molar-refractivity contribution in [3.05, 3.63) is 60.8 Å². The number of carbonyl (C=O) groups excluding carboxylic acids is 3. The van der Waals surface area contributed by atoms with Gasteiger partial charge >= 0.3 is 17.9 Å². The van der Waals surface area contributed by atoms with Crippen LogP contribution >= 0.6 is 0 Å². The van der Waals surface area contributed by atoms with Crippen molar-refractivity contribution in [2.75, 3.05) is 13.2 Å². The number of carbonyl (C=O) groups is 3. The van der Waals surface area contributed by atoms with Gasteiger partial charge in [0.25, 0.3) is 0 Å². The summed E-state index contributed by atoms with van der Waals surface area (Å²) in [6.07, 6.45) is 41.1. The highest BCUT2D eigenvalue weighted by atomic mass is 16.6. The number of hydrogen-bond acceptors (Lipinski definition) is 6. The Morgan fingerprint density at radius 3 is 1.30 bits per heavy atom. The molecule has 6 heteroatoms. The molecule has 0 radical (unpaired) electrons. The van der Waals surface area contributed by atoms with Gasteiger partial charge in [-0.2, -0.15) is 0 Å². The summed E-state index contributed by atoms with van der Waals surface area (Å²) >= 11 is 0. The minimum atomic E-state index is -0.803. The largest absolute Gasteiger partial charge is 0.462 e. The molecule has 0 aromatic carbocycles. The minimum Gasteiger partial charge on any atom is -0.462 e. The normalized spacial score (nSPS) is 12.7. The Hall–Kier alpha value is -2.89. The molecule has 0 saturated heterocycles. The fourth-order valence-corrected chi connectivity index (χ4v) is 4.75. The van der Waals surface area contributed by atoms with Crippen LogP contribution in [0.1, 0.15) is 162 Å². The average Bonchev–Trinajstić information content (AvgIpc) is 3.06. The van der Waals surface area contributed by atoms with Gasteiger partial charge in [-0.15, -0.1) is 0 Å². The predicted molar refractivity (Wildman–Crippen MR) is 196 cm³/mol. The molecular formula is C41H68O6. The first-order chi connectivity index (χ1) is 23.0. The van der Waals surface area contributed by atoms with Crippen LogP contribution in [0, 0.1) is 0 Å². The third kappa shape index (κ3) is 34.3. The molecule has 1 atom stereocenters. The summed E-state index contributed by atoms with van der Waals surface area (Å²) in [5.41, 5.74) is 0. The third-order valence-corrected chi connectivity index (χ3v) is 7.57. The Labute approximate surface area is 288 Å². The van der Waals surface area contributed by atoms with Gasteiger partial charge in [-0.05, 0) is 44.9 Å². The quantitative estimate of drug-likeness (QED) is 0.0310. The van der Waals surface area contributed by atoms with Crippen LogP contribution < -0.4 is 0 Å². The highest BCUT2D eigenvalue weighted by Gasteiger charge is 2.19. The van der Waals surface area contributed by atoms with Gasteiger partial charge in [-0.3, -0.25) is 14.4 Å². The molecule has 0 N–H and O–H groups in total. The van der Waals surface area contributed by atoms with E-state index in [1.165, 1.54) is 51.4 Å². The number of hydrogen-bond donors (Lipinski definition) is 0. The van der Waals surface area contributed by atoms with Crippen molar-refractivity contribution < 1.29 is 28.6 Å². The van der Waals surface area contributed by atoms with Crippen LogP contribution in [0.15, 0.2) is 60.8 Å². The molecule has 0 aliphatic heterocycles. The van der Waals surface area contributed by atoms with Gasteiger partial charge in [0.2, 0.25) is 0 Å². The summed E-state index contributed by atoms with van der Waals surface area (Å²) in [4.78, 5) is 37.1. The summed E-state index contributed by atoms with van der Waals surface area (Å²) in [5.74, 6) is -1.06. The van der Waals surface area contributed by atoms with E-state index >= 15 is 0 Å². The van der Waals surface area contributed by atoms with E-state index in [2.05, 4.69) is 69.4 Å². The summed E-state index contributed by atoms with van der Waals surface area (Å²) in [5, 5.41) is 0. The van der Waals surface area contributed by atoms with Crippen LogP contribution in [0.3, 0.4) is 0 Å². The second-order valence-corrected chi connectivity index (χ2v) is 12.1. The molecule has 1 unspecified atom stereocenters. The number of unbranched alkanes of at least 4 members (excludes halogenated alkanes) is 12. The molecule has 6 nitrogen and oxygen atoms in total. The first-order valence-corrected chi connectivity index (χ1v) is 18.8. The molecule has 0 amide bonds. The Morgan fingerprint density at radius 2 is 0.830 bits per heavy atom. The summed E-state index contributed by atoms with van der Waals surface area (Å²) in [6.45, 7) is 6.30. The van der Waals surface area contributed by atoms with E-state index in [4.69, 9.17) is 14.2 Å². The van der Waals surface area contributed by atoms with Crippen LogP contribution in [-0.2, 0) is 28.6 Å². The monoisotopic (exact) mass is 657 g/mol. The van der Waals surface area contributed by atoms with Gasteiger partial charge in [0.15, 0.2) is 6.10 Å². The molecular weight excluding hydrogens is 588 g/mol. The lowest BCUT2D eigenvalue weighted by molar-refractivity contribution is -0.166. The zero-order valence-electron chi connectivity index (χ0n) is 30.3. The maximum atomic E-state index is 12.5. The van der Waals surface area contributed by atoms with Crippen LogP contribution in [0.5, 0.6) is 0 Å². The minimum absolute atomic E-state index is 0.104. The molecule has 0 bridgehead atoms. The molecule has 0 aliphatic carbocycles. The van der Waals surface area contributed by atoms with E-state index in [-0.39, 0.29) is 31.6 Å². The molecule has 0 rings (SSSR count). The van der Waals surface area contributed by atoms with Crippen molar-refractivity contribution in [1.82, 2.24) is 0 Å². The van der Waals surface area contributed by atoms with Gasteiger partial charge in [-0.1, -0.05) is 159 Å². The van der Waals surface area contributed by atoms with Crippen molar-refractivity contribution in [2.24, 2.45) is 0 Å². The maximum absolute atomic E-state index is 12.5. The lowest BCUT2D eigenvalue weighted by Crippen LogP contribution is -2.30. The average molecular weight is 657 g/mol. The molecule has 0 saturated carbocycles. The fraction of sp³-hybridized carbons (Fsp3) is 0.683. The standard InChI is InChI=1S/C41H68O6/c1-4-7-10-13-16-17-18-19-20-21-22-23-26-28-31-34-40(43)46-37-38(47-41(44)35-32-29-25-15-12-9-6-3)36-45-39(42)33-30-27-24-14-11-8-5-2/h7,10,16-17,19-20,22-23,28,31,38H,4-6,8-9,11-15,18,21,24-27,29-30,32-37H2,1-3H3/b10-7-,17-16-,20-19-,23-22-,31-28-. The van der Waals surface area contributed by atoms with E-state index in [9.17, 15) is 14.4 Å². The first kappa shape index (κ1) is 44.1. The van der Waals surface area contributed by atoms with E-state index in [0.717, 1.165) is 70.6 Å². The molecule has 0 heterocycles. The number of allylic oxidation sites excluding steroid dienone is 9. The second kappa shape index (κ2) is 36.0. The fourth-order valence-electron chi connectivity index (χ4n) is 4.75. The summed E-state index contributed by atoms with van der Waals surface area (Å²) in [7, 11) is 0. The third-order valence-electron chi connectivity index (χ3n) is 7.57. The molecule has 0 spiro atoms. The Bertz CT molecular complexity index is 898.